The van der Waals surface area contributed by atoms with Crippen LogP contribution in [0.15, 0.2) is 47.6 Å². The van der Waals surface area contributed by atoms with Gasteiger partial charge < -0.3 is 10.6 Å². The molecule has 150 valence electrons. The third-order valence-corrected chi connectivity index (χ3v) is 6.58. The van der Waals surface area contributed by atoms with Crippen LogP contribution in [0, 0.1) is 11.7 Å². The van der Waals surface area contributed by atoms with E-state index in [9.17, 15) is 9.18 Å². The Morgan fingerprint density at radius 2 is 2.14 bits per heavy atom. The first-order valence-electron chi connectivity index (χ1n) is 9.42. The van der Waals surface area contributed by atoms with Gasteiger partial charge in [0.15, 0.2) is 0 Å². The molecule has 1 aliphatic carbocycles. The molecule has 3 unspecified atom stereocenters. The number of fused-ring (bicyclic) bond motifs is 2. The molecule has 2 heterocycles. The average molecular weight is 422 g/mol. The zero-order valence-corrected chi connectivity index (χ0v) is 17.4. The Morgan fingerprint density at radius 3 is 2.89 bits per heavy atom. The van der Waals surface area contributed by atoms with Crippen molar-refractivity contribution in [2.45, 2.75) is 42.3 Å². The lowest BCUT2D eigenvalue weighted by Gasteiger charge is -2.41. The number of rotatable bonds is 5. The van der Waals surface area contributed by atoms with Crippen molar-refractivity contribution in [1.29, 1.82) is 0 Å². The summed E-state index contributed by atoms with van der Waals surface area (Å²) in [6.07, 6.45) is 8.04. The number of nitrogens with zero attached hydrogens (tertiary/aromatic N) is 1. The van der Waals surface area contributed by atoms with Crippen molar-refractivity contribution in [3.05, 3.63) is 59.5 Å². The van der Waals surface area contributed by atoms with Gasteiger partial charge in [-0.25, -0.2) is 9.37 Å². The van der Waals surface area contributed by atoms with Gasteiger partial charge in [0.2, 0.25) is 0 Å². The fourth-order valence-electron chi connectivity index (χ4n) is 4.60. The molecule has 28 heavy (non-hydrogen) atoms. The van der Waals surface area contributed by atoms with Crippen LogP contribution in [0.3, 0.4) is 0 Å². The standard InChI is InChI=1S/C21H24FN3OS.ClH/c1-27-20-17(5-3-11-23-20)19(26)25-18(15-6-8-16(22)9-7-15)21-10-2-4-14(12-21)13-24-21;/h3,5-9,11,14,18,24H,2,4,10,12-13H2,1H3,(H,25,26);1H. The van der Waals surface area contributed by atoms with E-state index in [1.54, 1.807) is 30.5 Å². The molecule has 1 aliphatic heterocycles. The molecule has 1 saturated carbocycles. The van der Waals surface area contributed by atoms with Gasteiger partial charge in [0.1, 0.15) is 10.8 Å². The molecule has 0 spiro atoms. The van der Waals surface area contributed by atoms with Crippen LogP contribution in [0.5, 0.6) is 0 Å². The van der Waals surface area contributed by atoms with E-state index >= 15 is 0 Å². The lowest BCUT2D eigenvalue weighted by atomic mass is 9.73. The molecule has 1 aromatic carbocycles. The van der Waals surface area contributed by atoms with Crippen LogP contribution in [0.25, 0.3) is 0 Å². The Labute approximate surface area is 175 Å². The fraction of sp³-hybridized carbons (Fsp3) is 0.429. The van der Waals surface area contributed by atoms with Crippen molar-refractivity contribution in [2.24, 2.45) is 5.92 Å². The highest BCUT2D eigenvalue weighted by molar-refractivity contribution is 7.98. The number of thioether (sulfide) groups is 1. The number of hydrogen-bond acceptors (Lipinski definition) is 4. The highest BCUT2D eigenvalue weighted by Crippen LogP contribution is 2.45. The first-order chi connectivity index (χ1) is 13.1. The normalized spacial score (nSPS) is 24.3. The van der Waals surface area contributed by atoms with Crippen molar-refractivity contribution < 1.29 is 9.18 Å². The third-order valence-electron chi connectivity index (χ3n) is 5.87. The maximum atomic E-state index is 13.5. The second-order valence-electron chi connectivity index (χ2n) is 7.52. The van der Waals surface area contributed by atoms with Crippen molar-refractivity contribution in [3.8, 4) is 0 Å². The van der Waals surface area contributed by atoms with Crippen molar-refractivity contribution in [1.82, 2.24) is 15.6 Å². The van der Waals surface area contributed by atoms with Gasteiger partial charge in [-0.15, -0.1) is 24.2 Å². The minimum Gasteiger partial charge on any atom is -0.343 e. The molecule has 0 radical (unpaired) electrons. The van der Waals surface area contributed by atoms with Gasteiger partial charge in [-0.2, -0.15) is 0 Å². The van der Waals surface area contributed by atoms with Crippen molar-refractivity contribution in [3.63, 3.8) is 0 Å². The van der Waals surface area contributed by atoms with Crippen LogP contribution >= 0.6 is 24.2 Å². The van der Waals surface area contributed by atoms with E-state index in [4.69, 9.17) is 0 Å². The van der Waals surface area contributed by atoms with Crippen LogP contribution in [0.4, 0.5) is 4.39 Å². The van der Waals surface area contributed by atoms with E-state index in [1.165, 1.54) is 30.3 Å². The molecule has 1 saturated heterocycles. The summed E-state index contributed by atoms with van der Waals surface area (Å²) < 4.78 is 13.5. The quantitative estimate of drug-likeness (QED) is 0.704. The van der Waals surface area contributed by atoms with Crippen LogP contribution in [-0.2, 0) is 0 Å². The topological polar surface area (TPSA) is 54.0 Å². The fourth-order valence-corrected chi connectivity index (χ4v) is 5.15. The van der Waals surface area contributed by atoms with E-state index in [0.717, 1.165) is 31.4 Å². The summed E-state index contributed by atoms with van der Waals surface area (Å²) >= 11 is 1.46. The summed E-state index contributed by atoms with van der Waals surface area (Å²) in [6.45, 7) is 0.983. The first-order valence-corrected chi connectivity index (χ1v) is 10.6. The zero-order valence-electron chi connectivity index (χ0n) is 15.8. The number of carbonyl (C=O) groups is 1. The van der Waals surface area contributed by atoms with Gasteiger partial charge in [0, 0.05) is 11.7 Å². The number of pyridine rings is 1. The molecule has 2 aliphatic rings. The maximum Gasteiger partial charge on any atom is 0.254 e. The van der Waals surface area contributed by atoms with Gasteiger partial charge >= 0.3 is 0 Å². The molecule has 2 fully saturated rings. The van der Waals surface area contributed by atoms with E-state index in [0.29, 0.717) is 16.5 Å². The lowest BCUT2D eigenvalue weighted by Crippen LogP contribution is -2.52. The molecule has 1 aromatic heterocycles. The summed E-state index contributed by atoms with van der Waals surface area (Å²) in [5.41, 5.74) is 1.35. The molecule has 4 nitrogen and oxygen atoms in total. The summed E-state index contributed by atoms with van der Waals surface area (Å²) in [4.78, 5) is 17.4. The zero-order chi connectivity index (χ0) is 18.9. The number of carbonyl (C=O) groups excluding carboxylic acids is 1. The van der Waals surface area contributed by atoms with Crippen molar-refractivity contribution in [2.75, 3.05) is 12.8 Å². The van der Waals surface area contributed by atoms with Crippen LogP contribution in [0.2, 0.25) is 0 Å². The van der Waals surface area contributed by atoms with Gasteiger partial charge in [-0.1, -0.05) is 18.6 Å². The largest absolute Gasteiger partial charge is 0.343 e. The van der Waals surface area contributed by atoms with Gasteiger partial charge in [-0.3, -0.25) is 4.79 Å². The highest BCUT2D eigenvalue weighted by atomic mass is 35.5. The molecule has 2 N–H and O–H groups in total. The van der Waals surface area contributed by atoms with Crippen LogP contribution < -0.4 is 10.6 Å². The Hall–Kier alpha value is -1.63. The summed E-state index contributed by atoms with van der Waals surface area (Å²) in [5.74, 6) is 0.255. The van der Waals surface area contributed by atoms with Gasteiger partial charge in [-0.05, 0) is 67.8 Å². The number of benzene rings is 1. The molecule has 3 atom stereocenters. The number of hydrogen-bond donors (Lipinski definition) is 2. The molecular formula is C21H25ClFN3OS. The number of aromatic nitrogens is 1. The average Bonchev–Trinajstić information content (AvgIpc) is 3.01. The Kier molecular flexibility index (Phi) is 6.63. The van der Waals surface area contributed by atoms with E-state index < -0.39 is 0 Å². The molecule has 2 bridgehead atoms. The second kappa shape index (κ2) is 8.80. The molecule has 7 heteroatoms. The van der Waals surface area contributed by atoms with Crippen molar-refractivity contribution >= 4 is 30.1 Å². The van der Waals surface area contributed by atoms with E-state index in [2.05, 4.69) is 15.6 Å². The second-order valence-corrected chi connectivity index (χ2v) is 8.31. The van der Waals surface area contributed by atoms with E-state index in [-0.39, 0.29) is 35.7 Å². The Morgan fingerprint density at radius 1 is 1.36 bits per heavy atom. The molecular weight excluding hydrogens is 397 g/mol. The minimum absolute atomic E-state index is 0. The summed E-state index contributed by atoms with van der Waals surface area (Å²) in [5, 5.41) is 7.67. The summed E-state index contributed by atoms with van der Waals surface area (Å²) in [7, 11) is 0. The maximum absolute atomic E-state index is 13.5. The number of amides is 1. The first kappa shape index (κ1) is 21.1. The Bertz CT molecular complexity index is 831. The number of nitrogens with one attached hydrogen (secondary N) is 2. The molecule has 1 amide bonds. The minimum atomic E-state index is -0.265. The van der Waals surface area contributed by atoms with Crippen LogP contribution in [0.1, 0.15) is 47.6 Å². The van der Waals surface area contributed by atoms with E-state index in [1.807, 2.05) is 6.26 Å². The summed E-state index contributed by atoms with van der Waals surface area (Å²) in [6, 6.07) is 9.90. The lowest BCUT2D eigenvalue weighted by molar-refractivity contribution is 0.0889. The molecule has 2 aromatic rings. The monoisotopic (exact) mass is 421 g/mol. The van der Waals surface area contributed by atoms with Gasteiger partial charge in [0.05, 0.1) is 11.6 Å². The van der Waals surface area contributed by atoms with Crippen LogP contribution in [-0.4, -0.2) is 29.2 Å². The smallest absolute Gasteiger partial charge is 0.254 e. The third kappa shape index (κ3) is 4.04. The Balaban J connectivity index is 0.00000225. The van der Waals surface area contributed by atoms with Gasteiger partial charge in [0.25, 0.3) is 5.91 Å². The SMILES string of the molecule is CSc1ncccc1C(=O)NC(c1ccc(F)cc1)C12CCCC(CN1)C2.Cl. The highest BCUT2D eigenvalue weighted by Gasteiger charge is 2.48. The predicted octanol–water partition coefficient (Wildman–Crippen LogP) is 4.37. The predicted molar refractivity (Wildman–Crippen MR) is 113 cm³/mol. The number of halogens is 2. The molecule has 4 rings (SSSR count).